The molecule has 3 nitrogen and oxygen atoms in total. The number of allylic oxidation sites excluding steroid dienone is 3. The topological polar surface area (TPSA) is 46.2 Å². The van der Waals surface area contributed by atoms with Gasteiger partial charge in [-0.05, 0) is 5.57 Å². The summed E-state index contributed by atoms with van der Waals surface area (Å²) in [4.78, 5) is 22.3. The largest absolute Gasteiger partial charge is 0.292 e. The van der Waals surface area contributed by atoms with Crippen LogP contribution in [0.3, 0.4) is 0 Å². The maximum absolute atomic E-state index is 11.2. The summed E-state index contributed by atoms with van der Waals surface area (Å²) in [7, 11) is 0. The van der Waals surface area contributed by atoms with E-state index in [0.29, 0.717) is 11.1 Å². The predicted molar refractivity (Wildman–Crippen MR) is 43.0 cm³/mol. The van der Waals surface area contributed by atoms with Crippen molar-refractivity contribution in [3.63, 3.8) is 0 Å². The van der Waals surface area contributed by atoms with Crippen molar-refractivity contribution >= 4 is 11.8 Å². The van der Waals surface area contributed by atoms with Crippen LogP contribution >= 0.6 is 0 Å². The zero-order valence-electron chi connectivity index (χ0n) is 6.33. The van der Waals surface area contributed by atoms with Crippen molar-refractivity contribution in [2.75, 3.05) is 0 Å². The fourth-order valence-corrected chi connectivity index (χ4v) is 1.44. The molecule has 12 heavy (non-hydrogen) atoms. The van der Waals surface area contributed by atoms with Gasteiger partial charge in [0.25, 0.3) is 5.91 Å². The third-order valence-electron chi connectivity index (χ3n) is 2.03. The molecule has 1 atom stereocenters. The molecular weight excluding hydrogens is 154 g/mol. The first-order valence-corrected chi connectivity index (χ1v) is 3.62. The maximum atomic E-state index is 11.2. The number of rotatable bonds is 0. The van der Waals surface area contributed by atoms with Gasteiger partial charge in [-0.3, -0.25) is 14.9 Å². The first-order valence-electron chi connectivity index (χ1n) is 3.62. The molecule has 1 fully saturated rings. The van der Waals surface area contributed by atoms with Crippen molar-refractivity contribution in [1.82, 2.24) is 5.32 Å². The Balaban J connectivity index is 2.51. The highest BCUT2D eigenvalue weighted by Crippen LogP contribution is 2.28. The number of hydrogen-bond donors (Lipinski definition) is 1. The quantitative estimate of drug-likeness (QED) is 0.520. The Morgan fingerprint density at radius 1 is 1.42 bits per heavy atom. The molecule has 3 heteroatoms. The molecule has 60 valence electrons. The summed E-state index contributed by atoms with van der Waals surface area (Å²) in [5, 5.41) is 2.24. The average Bonchev–Trinajstić information content (AvgIpc) is 2.29. The zero-order chi connectivity index (χ0) is 8.72. The maximum Gasteiger partial charge on any atom is 0.254 e. The Bertz CT molecular complexity index is 348. The lowest BCUT2D eigenvalue weighted by Gasteiger charge is -2.10. The number of carbonyl (C=O) groups excluding carboxylic acids is 2. The molecule has 2 aliphatic rings. The second-order valence-corrected chi connectivity index (χ2v) is 2.81. The van der Waals surface area contributed by atoms with E-state index in [4.69, 9.17) is 0 Å². The number of fused-ring (bicyclic) bond motifs is 1. The summed E-state index contributed by atoms with van der Waals surface area (Å²) in [5.41, 5.74) is 1.18. The molecule has 0 bridgehead atoms. The molecule has 1 unspecified atom stereocenters. The first-order chi connectivity index (χ1) is 5.70. The zero-order valence-corrected chi connectivity index (χ0v) is 6.33. The van der Waals surface area contributed by atoms with Crippen molar-refractivity contribution < 1.29 is 9.59 Å². The lowest BCUT2D eigenvalue weighted by Crippen LogP contribution is -2.22. The van der Waals surface area contributed by atoms with Crippen LogP contribution in [-0.4, -0.2) is 11.8 Å². The van der Waals surface area contributed by atoms with Crippen LogP contribution in [0.25, 0.3) is 0 Å². The van der Waals surface area contributed by atoms with Gasteiger partial charge in [0.05, 0.1) is 5.92 Å². The van der Waals surface area contributed by atoms with E-state index in [9.17, 15) is 9.59 Å². The molecule has 0 radical (unpaired) electrons. The number of nitrogens with one attached hydrogen (secondary N) is 1. The van der Waals surface area contributed by atoms with Crippen molar-refractivity contribution in [3.8, 4) is 0 Å². The lowest BCUT2D eigenvalue weighted by atomic mass is 9.90. The summed E-state index contributed by atoms with van der Waals surface area (Å²) >= 11 is 0. The second-order valence-electron chi connectivity index (χ2n) is 2.81. The summed E-state index contributed by atoms with van der Waals surface area (Å²) in [6, 6.07) is 0. The molecule has 2 amide bonds. The molecule has 1 aliphatic heterocycles. The van der Waals surface area contributed by atoms with E-state index in [1.165, 1.54) is 0 Å². The summed E-state index contributed by atoms with van der Waals surface area (Å²) in [5.74, 6) is -1.00. The molecule has 0 spiro atoms. The van der Waals surface area contributed by atoms with Gasteiger partial charge in [-0.2, -0.15) is 0 Å². The van der Waals surface area contributed by atoms with Crippen LogP contribution in [0.2, 0.25) is 0 Å². The van der Waals surface area contributed by atoms with Gasteiger partial charge in [0.15, 0.2) is 0 Å². The van der Waals surface area contributed by atoms with Crippen LogP contribution < -0.4 is 5.32 Å². The summed E-state index contributed by atoms with van der Waals surface area (Å²) in [6.07, 6.45) is 5.12. The molecular formula is C9H7NO2. The standard InChI is InChI=1S/C9H7NO2/c1-5-3-2-4-6-7(5)9(12)10-8(6)11/h2-4,7H,1H2,(H,10,11,12). The Kier molecular flexibility index (Phi) is 1.27. The van der Waals surface area contributed by atoms with Gasteiger partial charge in [0, 0.05) is 5.57 Å². The molecule has 0 aromatic rings. The van der Waals surface area contributed by atoms with Gasteiger partial charge >= 0.3 is 0 Å². The van der Waals surface area contributed by atoms with Crippen LogP contribution in [0.1, 0.15) is 0 Å². The van der Waals surface area contributed by atoms with E-state index in [-0.39, 0.29) is 11.8 Å². The summed E-state index contributed by atoms with van der Waals surface area (Å²) in [6.45, 7) is 3.70. The minimum Gasteiger partial charge on any atom is -0.292 e. The Morgan fingerprint density at radius 2 is 2.17 bits per heavy atom. The summed E-state index contributed by atoms with van der Waals surface area (Å²) < 4.78 is 0. The number of amides is 2. The van der Waals surface area contributed by atoms with Gasteiger partial charge < -0.3 is 0 Å². The molecule has 2 rings (SSSR count). The Hall–Kier alpha value is -1.64. The third kappa shape index (κ3) is 0.763. The fourth-order valence-electron chi connectivity index (χ4n) is 1.44. The number of carbonyl (C=O) groups is 2. The number of imide groups is 1. The normalized spacial score (nSPS) is 26.8. The van der Waals surface area contributed by atoms with E-state index in [1.54, 1.807) is 18.2 Å². The van der Waals surface area contributed by atoms with Gasteiger partial charge in [0.1, 0.15) is 0 Å². The van der Waals surface area contributed by atoms with Crippen molar-refractivity contribution in [1.29, 1.82) is 0 Å². The van der Waals surface area contributed by atoms with Crippen LogP contribution in [0.5, 0.6) is 0 Å². The molecule has 0 saturated carbocycles. The second kappa shape index (κ2) is 2.17. The van der Waals surface area contributed by atoms with Crippen molar-refractivity contribution in [2.24, 2.45) is 5.92 Å². The lowest BCUT2D eigenvalue weighted by molar-refractivity contribution is -0.125. The van der Waals surface area contributed by atoms with Gasteiger partial charge in [-0.1, -0.05) is 24.8 Å². The van der Waals surface area contributed by atoms with E-state index < -0.39 is 5.92 Å². The van der Waals surface area contributed by atoms with Crippen LogP contribution in [0.4, 0.5) is 0 Å². The van der Waals surface area contributed by atoms with Crippen LogP contribution in [0, 0.1) is 5.92 Å². The molecule has 1 saturated heterocycles. The monoisotopic (exact) mass is 161 g/mol. The first kappa shape index (κ1) is 7.03. The Morgan fingerprint density at radius 3 is 2.83 bits per heavy atom. The minimum absolute atomic E-state index is 0.263. The highest BCUT2D eigenvalue weighted by Gasteiger charge is 2.37. The highest BCUT2D eigenvalue weighted by molar-refractivity contribution is 6.16. The third-order valence-corrected chi connectivity index (χ3v) is 2.03. The molecule has 1 N–H and O–H groups in total. The number of hydrogen-bond acceptors (Lipinski definition) is 2. The SMILES string of the molecule is C=C1C=CC=C2C(=O)NC(=O)C12. The van der Waals surface area contributed by atoms with E-state index >= 15 is 0 Å². The highest BCUT2D eigenvalue weighted by atomic mass is 16.2. The van der Waals surface area contributed by atoms with Gasteiger partial charge in [-0.15, -0.1) is 0 Å². The van der Waals surface area contributed by atoms with E-state index in [0.717, 1.165) is 0 Å². The van der Waals surface area contributed by atoms with Gasteiger partial charge in [-0.25, -0.2) is 0 Å². The van der Waals surface area contributed by atoms with Gasteiger partial charge in [0.2, 0.25) is 5.91 Å². The molecule has 1 aliphatic carbocycles. The fraction of sp³-hybridized carbons (Fsp3) is 0.111. The smallest absolute Gasteiger partial charge is 0.254 e. The predicted octanol–water partition coefficient (Wildman–Crippen LogP) is 0.311. The van der Waals surface area contributed by atoms with Crippen molar-refractivity contribution in [2.45, 2.75) is 0 Å². The minimum atomic E-state index is -0.442. The molecule has 1 heterocycles. The van der Waals surface area contributed by atoms with Crippen molar-refractivity contribution in [3.05, 3.63) is 36.0 Å². The molecule has 0 aromatic heterocycles. The van der Waals surface area contributed by atoms with E-state index in [1.807, 2.05) is 0 Å². The Labute approximate surface area is 69.5 Å². The van der Waals surface area contributed by atoms with E-state index in [2.05, 4.69) is 11.9 Å². The van der Waals surface area contributed by atoms with Crippen LogP contribution in [-0.2, 0) is 9.59 Å². The average molecular weight is 161 g/mol. The van der Waals surface area contributed by atoms with Crippen LogP contribution in [0.15, 0.2) is 36.0 Å². The molecule has 0 aromatic carbocycles.